The van der Waals surface area contributed by atoms with E-state index in [0.29, 0.717) is 25.6 Å². The minimum absolute atomic E-state index is 0.00978. The predicted octanol–water partition coefficient (Wildman–Crippen LogP) is 2.04. The highest BCUT2D eigenvalue weighted by molar-refractivity contribution is 9.10. The van der Waals surface area contributed by atoms with Crippen molar-refractivity contribution in [1.82, 2.24) is 10.6 Å². The summed E-state index contributed by atoms with van der Waals surface area (Å²) in [4.78, 5) is 11.6. The van der Waals surface area contributed by atoms with E-state index in [9.17, 15) is 4.79 Å². The first-order valence-electron chi connectivity index (χ1n) is 6.61. The molecule has 0 atom stereocenters. The molecule has 1 aromatic carbocycles. The maximum atomic E-state index is 11.6. The summed E-state index contributed by atoms with van der Waals surface area (Å²) in [5.41, 5.74) is 1.03. The molecule has 1 aliphatic rings. The first-order chi connectivity index (χ1) is 9.56. The molecule has 0 fully saturated rings. The standard InChI is InChI=1S/C14H19BrN2O3/c1-9(2)5-17-14(18)7-16-6-10-3-12-13(4-11(10)15)20-8-19-12/h3-4,9,16H,5-8H2,1-2H3,(H,17,18). The van der Waals surface area contributed by atoms with Gasteiger partial charge in [0, 0.05) is 17.6 Å². The number of benzene rings is 1. The van der Waals surface area contributed by atoms with Crippen molar-refractivity contribution in [3.8, 4) is 11.5 Å². The zero-order valence-corrected chi connectivity index (χ0v) is 13.2. The van der Waals surface area contributed by atoms with Gasteiger partial charge in [-0.3, -0.25) is 4.79 Å². The second-order valence-corrected chi connectivity index (χ2v) is 5.95. The highest BCUT2D eigenvalue weighted by atomic mass is 79.9. The molecule has 1 amide bonds. The molecule has 1 aliphatic heterocycles. The lowest BCUT2D eigenvalue weighted by Crippen LogP contribution is -2.35. The Morgan fingerprint density at radius 3 is 2.75 bits per heavy atom. The van der Waals surface area contributed by atoms with Crippen LogP contribution in [0.5, 0.6) is 11.5 Å². The summed E-state index contributed by atoms with van der Waals surface area (Å²) >= 11 is 3.49. The zero-order chi connectivity index (χ0) is 14.5. The van der Waals surface area contributed by atoms with Crippen molar-refractivity contribution in [2.45, 2.75) is 20.4 Å². The third-order valence-corrected chi connectivity index (χ3v) is 3.59. The molecule has 0 aromatic heterocycles. The van der Waals surface area contributed by atoms with Gasteiger partial charge < -0.3 is 20.1 Å². The second kappa shape index (κ2) is 6.95. The number of halogens is 1. The molecule has 1 heterocycles. The number of rotatable bonds is 6. The van der Waals surface area contributed by atoms with E-state index in [0.717, 1.165) is 21.5 Å². The predicted molar refractivity (Wildman–Crippen MR) is 79.8 cm³/mol. The number of nitrogens with one attached hydrogen (secondary N) is 2. The first-order valence-corrected chi connectivity index (χ1v) is 7.41. The Kier molecular flexibility index (Phi) is 5.25. The molecule has 1 aromatic rings. The molecule has 0 saturated carbocycles. The topological polar surface area (TPSA) is 59.6 Å². The minimum atomic E-state index is 0.00978. The van der Waals surface area contributed by atoms with Gasteiger partial charge in [0.2, 0.25) is 12.7 Å². The average Bonchev–Trinajstić information content (AvgIpc) is 2.83. The Bertz CT molecular complexity index is 492. The van der Waals surface area contributed by atoms with Crippen molar-refractivity contribution in [3.63, 3.8) is 0 Å². The van der Waals surface area contributed by atoms with Gasteiger partial charge in [-0.15, -0.1) is 0 Å². The number of hydrogen-bond donors (Lipinski definition) is 2. The minimum Gasteiger partial charge on any atom is -0.454 e. The highest BCUT2D eigenvalue weighted by Crippen LogP contribution is 2.36. The van der Waals surface area contributed by atoms with Crippen molar-refractivity contribution in [2.75, 3.05) is 19.9 Å². The lowest BCUT2D eigenvalue weighted by atomic mass is 10.2. The molecule has 110 valence electrons. The molecule has 0 unspecified atom stereocenters. The van der Waals surface area contributed by atoms with Gasteiger partial charge in [-0.05, 0) is 23.6 Å². The number of carbonyl (C=O) groups is 1. The zero-order valence-electron chi connectivity index (χ0n) is 11.7. The Balaban J connectivity index is 1.81. The lowest BCUT2D eigenvalue weighted by molar-refractivity contribution is -0.120. The van der Waals surface area contributed by atoms with E-state index in [1.165, 1.54) is 0 Å². The smallest absolute Gasteiger partial charge is 0.233 e. The van der Waals surface area contributed by atoms with Crippen LogP contribution in [-0.4, -0.2) is 25.8 Å². The van der Waals surface area contributed by atoms with Crippen LogP contribution in [-0.2, 0) is 11.3 Å². The number of fused-ring (bicyclic) bond motifs is 1. The Morgan fingerprint density at radius 2 is 2.05 bits per heavy atom. The van der Waals surface area contributed by atoms with Crippen LogP contribution in [0.3, 0.4) is 0 Å². The van der Waals surface area contributed by atoms with Gasteiger partial charge in [-0.1, -0.05) is 29.8 Å². The summed E-state index contributed by atoms with van der Waals surface area (Å²) in [6.07, 6.45) is 0. The molecule has 5 nitrogen and oxygen atoms in total. The van der Waals surface area contributed by atoms with Crippen LogP contribution >= 0.6 is 15.9 Å². The van der Waals surface area contributed by atoms with Crippen molar-refractivity contribution in [3.05, 3.63) is 22.2 Å². The molecule has 0 radical (unpaired) electrons. The monoisotopic (exact) mass is 342 g/mol. The molecular formula is C14H19BrN2O3. The number of hydrogen-bond acceptors (Lipinski definition) is 4. The van der Waals surface area contributed by atoms with E-state index < -0.39 is 0 Å². The fourth-order valence-electron chi connectivity index (χ4n) is 1.79. The summed E-state index contributed by atoms with van der Waals surface area (Å²) in [6, 6.07) is 3.81. The van der Waals surface area contributed by atoms with E-state index in [4.69, 9.17) is 9.47 Å². The van der Waals surface area contributed by atoms with Gasteiger partial charge >= 0.3 is 0 Å². The van der Waals surface area contributed by atoms with Crippen molar-refractivity contribution in [1.29, 1.82) is 0 Å². The molecule has 6 heteroatoms. The van der Waals surface area contributed by atoms with E-state index in [2.05, 4.69) is 40.4 Å². The number of ether oxygens (including phenoxy) is 2. The molecular weight excluding hydrogens is 324 g/mol. The molecule has 20 heavy (non-hydrogen) atoms. The largest absolute Gasteiger partial charge is 0.454 e. The van der Waals surface area contributed by atoms with E-state index in [1.54, 1.807) is 0 Å². The van der Waals surface area contributed by atoms with Gasteiger partial charge in [0.25, 0.3) is 0 Å². The van der Waals surface area contributed by atoms with Crippen LogP contribution in [0.1, 0.15) is 19.4 Å². The van der Waals surface area contributed by atoms with Gasteiger partial charge in [-0.25, -0.2) is 0 Å². The summed E-state index contributed by atoms with van der Waals surface area (Å²) in [7, 11) is 0. The van der Waals surface area contributed by atoms with Crippen molar-refractivity contribution >= 4 is 21.8 Å². The van der Waals surface area contributed by atoms with Crippen LogP contribution in [0, 0.1) is 5.92 Å². The summed E-state index contributed by atoms with van der Waals surface area (Å²) in [6.45, 7) is 5.99. The normalized spacial score (nSPS) is 12.8. The maximum absolute atomic E-state index is 11.6. The molecule has 0 spiro atoms. The fourth-order valence-corrected chi connectivity index (χ4v) is 2.25. The van der Waals surface area contributed by atoms with Crippen LogP contribution in [0.4, 0.5) is 0 Å². The van der Waals surface area contributed by atoms with E-state index in [-0.39, 0.29) is 12.7 Å². The van der Waals surface area contributed by atoms with Crippen LogP contribution in [0.25, 0.3) is 0 Å². The second-order valence-electron chi connectivity index (χ2n) is 5.10. The summed E-state index contributed by atoms with van der Waals surface area (Å²) in [5, 5.41) is 5.99. The van der Waals surface area contributed by atoms with Crippen molar-refractivity contribution in [2.24, 2.45) is 5.92 Å². The van der Waals surface area contributed by atoms with Gasteiger partial charge in [0.1, 0.15) is 0 Å². The Morgan fingerprint density at radius 1 is 1.35 bits per heavy atom. The average molecular weight is 343 g/mol. The highest BCUT2D eigenvalue weighted by Gasteiger charge is 2.16. The van der Waals surface area contributed by atoms with Crippen LogP contribution < -0.4 is 20.1 Å². The third-order valence-electron chi connectivity index (χ3n) is 2.85. The lowest BCUT2D eigenvalue weighted by Gasteiger charge is -2.10. The summed E-state index contributed by atoms with van der Waals surface area (Å²) < 4.78 is 11.6. The van der Waals surface area contributed by atoms with Gasteiger partial charge in [0.05, 0.1) is 6.54 Å². The molecule has 2 rings (SSSR count). The van der Waals surface area contributed by atoms with Crippen LogP contribution in [0.15, 0.2) is 16.6 Å². The van der Waals surface area contributed by atoms with Gasteiger partial charge in [0.15, 0.2) is 11.5 Å². The molecule has 0 saturated heterocycles. The summed E-state index contributed by atoms with van der Waals surface area (Å²) in [5.74, 6) is 1.96. The maximum Gasteiger partial charge on any atom is 0.233 e. The third kappa shape index (κ3) is 4.11. The van der Waals surface area contributed by atoms with Gasteiger partial charge in [-0.2, -0.15) is 0 Å². The van der Waals surface area contributed by atoms with E-state index >= 15 is 0 Å². The SMILES string of the molecule is CC(C)CNC(=O)CNCc1cc2c(cc1Br)OCO2. The Labute approximate surface area is 127 Å². The van der Waals surface area contributed by atoms with Crippen LogP contribution in [0.2, 0.25) is 0 Å². The van der Waals surface area contributed by atoms with Crippen molar-refractivity contribution < 1.29 is 14.3 Å². The first kappa shape index (κ1) is 15.1. The molecule has 2 N–H and O–H groups in total. The Hall–Kier alpha value is -1.27. The molecule has 0 aliphatic carbocycles. The number of amides is 1. The fraction of sp³-hybridized carbons (Fsp3) is 0.500. The quantitative estimate of drug-likeness (QED) is 0.830. The van der Waals surface area contributed by atoms with E-state index in [1.807, 2.05) is 12.1 Å². The number of carbonyl (C=O) groups excluding carboxylic acids is 1. The molecule has 0 bridgehead atoms.